The minimum absolute atomic E-state index is 0.0714. The van der Waals surface area contributed by atoms with Crippen LogP contribution in [0.1, 0.15) is 40.2 Å². The number of carbonyl (C=O) groups excluding carboxylic acids is 2. The summed E-state index contributed by atoms with van der Waals surface area (Å²) >= 11 is 6.51. The van der Waals surface area contributed by atoms with Crippen LogP contribution in [0.4, 0.5) is 4.79 Å². The van der Waals surface area contributed by atoms with Crippen LogP contribution in [0.3, 0.4) is 0 Å². The highest BCUT2D eigenvalue weighted by molar-refractivity contribution is 6.31. The Hall–Kier alpha value is -3.59. The average Bonchev–Trinajstić information content (AvgIpc) is 3.25. The van der Waals surface area contributed by atoms with E-state index >= 15 is 0 Å². The lowest BCUT2D eigenvalue weighted by Gasteiger charge is -2.29. The van der Waals surface area contributed by atoms with Gasteiger partial charge in [-0.3, -0.25) is 4.90 Å². The zero-order valence-electron chi connectivity index (χ0n) is 23.7. The molecule has 0 bridgehead atoms. The highest BCUT2D eigenvalue weighted by atomic mass is 35.5. The Morgan fingerprint density at radius 2 is 1.80 bits per heavy atom. The molecule has 4 rings (SSSR count). The third-order valence-corrected chi connectivity index (χ3v) is 6.65. The summed E-state index contributed by atoms with van der Waals surface area (Å²) in [6.45, 7) is 9.54. The number of amides is 1. The summed E-state index contributed by atoms with van der Waals surface area (Å²) in [6, 6.07) is 14.0. The maximum Gasteiger partial charge on any atom is 0.411 e. The van der Waals surface area contributed by atoms with E-state index in [0.29, 0.717) is 23.2 Å². The van der Waals surface area contributed by atoms with Crippen molar-refractivity contribution in [3.63, 3.8) is 0 Å². The van der Waals surface area contributed by atoms with Crippen LogP contribution in [-0.2, 0) is 20.7 Å². The van der Waals surface area contributed by atoms with Gasteiger partial charge < -0.3 is 18.9 Å². The monoisotopic (exact) mass is 569 g/mol. The van der Waals surface area contributed by atoms with Gasteiger partial charge in [0, 0.05) is 12.0 Å². The number of benzene rings is 2. The van der Waals surface area contributed by atoms with Gasteiger partial charge in [-0.1, -0.05) is 55.8 Å². The molecule has 1 fully saturated rings. The molecule has 0 spiro atoms. The lowest BCUT2D eigenvalue weighted by atomic mass is 9.90. The Labute approximate surface area is 239 Å². The normalized spacial score (nSPS) is 19.1. The first-order valence-corrected chi connectivity index (χ1v) is 13.7. The number of carbonyl (C=O) groups is 2. The molecular weight excluding hydrogens is 534 g/mol. The third kappa shape index (κ3) is 7.13. The predicted octanol–water partition coefficient (Wildman–Crippen LogP) is 5.72. The summed E-state index contributed by atoms with van der Waals surface area (Å²) in [4.78, 5) is 37.4. The van der Waals surface area contributed by atoms with Crippen molar-refractivity contribution in [2.45, 2.75) is 58.8 Å². The molecule has 2 aromatic carbocycles. The van der Waals surface area contributed by atoms with Gasteiger partial charge in [0.25, 0.3) is 5.88 Å². The Balaban J connectivity index is 1.73. The molecule has 3 aromatic rings. The fourth-order valence-electron chi connectivity index (χ4n) is 4.62. The second kappa shape index (κ2) is 12.3. The first-order valence-electron chi connectivity index (χ1n) is 13.3. The van der Waals surface area contributed by atoms with Gasteiger partial charge in [0.15, 0.2) is 5.15 Å². The number of hydrogen-bond donors (Lipinski definition) is 0. The van der Waals surface area contributed by atoms with Crippen molar-refractivity contribution in [2.24, 2.45) is 11.8 Å². The Kier molecular flexibility index (Phi) is 9.03. The number of hydrogen-bond acceptors (Lipinski definition) is 8. The minimum Gasteiger partial charge on any atom is -0.497 e. The fraction of sp³-hybridized carbons (Fsp3) is 0.467. The van der Waals surface area contributed by atoms with E-state index in [2.05, 4.69) is 9.97 Å². The molecule has 0 aliphatic carbocycles. The van der Waals surface area contributed by atoms with Crippen molar-refractivity contribution in [1.82, 2.24) is 14.9 Å². The van der Waals surface area contributed by atoms with Crippen LogP contribution in [0.25, 0.3) is 11.0 Å². The van der Waals surface area contributed by atoms with Crippen molar-refractivity contribution in [3.8, 4) is 11.6 Å². The standard InChI is InChI=1S/C30H36ClN3O6/c1-18(2)17-38-28(35)25-21(14-19-10-8-7-9-11-19)24(16-34(25)29(36)40-30(3,4)5)39-27-26(31)32-22-13-12-20(37-6)15-23(22)33-27/h7-13,15,18,21,24-25H,14,16-17H2,1-6H3/t21?,24-,25-/m0/s1. The number of aromatic nitrogens is 2. The van der Waals surface area contributed by atoms with Gasteiger partial charge in [0.1, 0.15) is 23.5 Å². The van der Waals surface area contributed by atoms with E-state index in [1.807, 2.05) is 44.2 Å². The number of fused-ring (bicyclic) bond motifs is 1. The molecule has 0 N–H and O–H groups in total. The SMILES string of the molecule is COc1ccc2nc(Cl)c(O[C@H]3CN(C(=O)OC(C)(C)C)[C@H](C(=O)OCC(C)C)C3Cc3ccccc3)nc2c1. The second-order valence-corrected chi connectivity index (χ2v) is 11.6. The molecule has 0 radical (unpaired) electrons. The van der Waals surface area contributed by atoms with Gasteiger partial charge in [-0.15, -0.1) is 0 Å². The Bertz CT molecular complexity index is 1340. The molecule has 1 unspecified atom stereocenters. The average molecular weight is 570 g/mol. The first kappa shape index (κ1) is 29.4. The molecule has 2 heterocycles. The number of halogens is 1. The first-order chi connectivity index (χ1) is 18.9. The summed E-state index contributed by atoms with van der Waals surface area (Å²) in [7, 11) is 1.57. The molecule has 214 valence electrons. The number of likely N-dealkylation sites (tertiary alicyclic amines) is 1. The molecule has 1 aromatic heterocycles. The molecular formula is C30H36ClN3O6. The molecule has 1 saturated heterocycles. The molecule has 10 heteroatoms. The Morgan fingerprint density at radius 1 is 1.07 bits per heavy atom. The van der Waals surface area contributed by atoms with Gasteiger partial charge in [-0.2, -0.15) is 0 Å². The van der Waals surface area contributed by atoms with Crippen LogP contribution in [0.15, 0.2) is 48.5 Å². The van der Waals surface area contributed by atoms with Crippen LogP contribution in [0.2, 0.25) is 5.15 Å². The molecule has 1 aliphatic rings. The van der Waals surface area contributed by atoms with E-state index in [0.717, 1.165) is 5.56 Å². The van der Waals surface area contributed by atoms with E-state index in [9.17, 15) is 9.59 Å². The van der Waals surface area contributed by atoms with Crippen LogP contribution in [-0.4, -0.2) is 64.9 Å². The molecule has 0 saturated carbocycles. The van der Waals surface area contributed by atoms with Crippen molar-refractivity contribution < 1.29 is 28.5 Å². The van der Waals surface area contributed by atoms with Crippen molar-refractivity contribution in [3.05, 3.63) is 59.2 Å². The molecule has 1 aliphatic heterocycles. The van der Waals surface area contributed by atoms with E-state index in [4.69, 9.17) is 30.5 Å². The van der Waals surface area contributed by atoms with Gasteiger partial charge in [-0.25, -0.2) is 19.6 Å². The second-order valence-electron chi connectivity index (χ2n) is 11.3. The van der Waals surface area contributed by atoms with Crippen LogP contribution < -0.4 is 9.47 Å². The summed E-state index contributed by atoms with van der Waals surface area (Å²) < 4.78 is 23.1. The topological polar surface area (TPSA) is 100 Å². The lowest BCUT2D eigenvalue weighted by molar-refractivity contribution is -0.151. The van der Waals surface area contributed by atoms with Crippen LogP contribution in [0, 0.1) is 11.8 Å². The highest BCUT2D eigenvalue weighted by Gasteiger charge is 2.51. The molecule has 1 amide bonds. The fourth-order valence-corrected chi connectivity index (χ4v) is 4.80. The third-order valence-electron chi connectivity index (χ3n) is 6.40. The van der Waals surface area contributed by atoms with Crippen molar-refractivity contribution >= 4 is 34.7 Å². The maximum atomic E-state index is 13.5. The number of esters is 1. The summed E-state index contributed by atoms with van der Waals surface area (Å²) in [5.41, 5.74) is 1.34. The van der Waals surface area contributed by atoms with Gasteiger partial charge in [0.05, 0.1) is 31.3 Å². The highest BCUT2D eigenvalue weighted by Crippen LogP contribution is 2.35. The van der Waals surface area contributed by atoms with Crippen molar-refractivity contribution in [2.75, 3.05) is 20.3 Å². The van der Waals surface area contributed by atoms with Crippen molar-refractivity contribution in [1.29, 1.82) is 0 Å². The number of ether oxygens (including phenoxy) is 4. The van der Waals surface area contributed by atoms with E-state index in [-0.39, 0.29) is 30.1 Å². The smallest absolute Gasteiger partial charge is 0.411 e. The zero-order chi connectivity index (χ0) is 29.0. The number of nitrogens with zero attached hydrogens (tertiary/aromatic N) is 3. The minimum atomic E-state index is -0.939. The number of methoxy groups -OCH3 is 1. The lowest BCUT2D eigenvalue weighted by Crippen LogP contribution is -2.47. The van der Waals surface area contributed by atoms with Gasteiger partial charge >= 0.3 is 12.1 Å². The maximum absolute atomic E-state index is 13.5. The number of rotatable bonds is 8. The van der Waals surface area contributed by atoms with Gasteiger partial charge in [-0.05, 0) is 50.8 Å². The van der Waals surface area contributed by atoms with E-state index < -0.39 is 35.7 Å². The van der Waals surface area contributed by atoms with Crippen LogP contribution in [0.5, 0.6) is 11.6 Å². The molecule has 40 heavy (non-hydrogen) atoms. The summed E-state index contributed by atoms with van der Waals surface area (Å²) in [6.07, 6.45) is -0.832. The van der Waals surface area contributed by atoms with Crippen LogP contribution >= 0.6 is 11.6 Å². The van der Waals surface area contributed by atoms with E-state index in [1.54, 1.807) is 46.1 Å². The molecule has 9 nitrogen and oxygen atoms in total. The predicted molar refractivity (Wildman–Crippen MR) is 152 cm³/mol. The largest absolute Gasteiger partial charge is 0.497 e. The van der Waals surface area contributed by atoms with E-state index in [1.165, 1.54) is 4.90 Å². The van der Waals surface area contributed by atoms with Gasteiger partial charge in [0.2, 0.25) is 0 Å². The Morgan fingerprint density at radius 3 is 2.45 bits per heavy atom. The summed E-state index contributed by atoms with van der Waals surface area (Å²) in [5, 5.41) is 0.0748. The molecule has 3 atom stereocenters. The quantitative estimate of drug-likeness (QED) is 0.318. The summed E-state index contributed by atoms with van der Waals surface area (Å²) in [5.74, 6) is -0.142. The zero-order valence-corrected chi connectivity index (χ0v) is 24.5.